The van der Waals surface area contributed by atoms with Crippen LogP contribution in [-0.4, -0.2) is 29.5 Å². The molecule has 1 saturated heterocycles. The van der Waals surface area contributed by atoms with E-state index in [0.717, 1.165) is 24.0 Å². The number of thiazole rings is 1. The van der Waals surface area contributed by atoms with E-state index in [9.17, 15) is 0 Å². The monoisotopic (exact) mass is 258 g/mol. The van der Waals surface area contributed by atoms with Gasteiger partial charge in [-0.25, -0.2) is 4.98 Å². The second-order valence-electron chi connectivity index (χ2n) is 3.88. The van der Waals surface area contributed by atoms with E-state index in [1.165, 1.54) is 11.3 Å². The SMILES string of the molecule is CCNc1ncc(CSC2CCOC2C)s1. The van der Waals surface area contributed by atoms with Gasteiger partial charge in [-0.2, -0.15) is 11.8 Å². The van der Waals surface area contributed by atoms with E-state index in [1.807, 2.05) is 18.0 Å². The van der Waals surface area contributed by atoms with Crippen LogP contribution in [0.15, 0.2) is 6.20 Å². The quantitative estimate of drug-likeness (QED) is 0.880. The van der Waals surface area contributed by atoms with Crippen LogP contribution in [0.1, 0.15) is 25.1 Å². The summed E-state index contributed by atoms with van der Waals surface area (Å²) < 4.78 is 5.55. The van der Waals surface area contributed by atoms with Gasteiger partial charge < -0.3 is 10.1 Å². The minimum Gasteiger partial charge on any atom is -0.377 e. The third-order valence-electron chi connectivity index (χ3n) is 2.63. The van der Waals surface area contributed by atoms with E-state index in [0.29, 0.717) is 11.4 Å². The second-order valence-corrected chi connectivity index (χ2v) is 6.22. The van der Waals surface area contributed by atoms with Gasteiger partial charge in [-0.05, 0) is 20.3 Å². The van der Waals surface area contributed by atoms with Crippen LogP contribution < -0.4 is 5.32 Å². The molecule has 3 nitrogen and oxygen atoms in total. The minimum atomic E-state index is 0.408. The highest BCUT2D eigenvalue weighted by Crippen LogP contribution is 2.31. The molecule has 2 heterocycles. The zero-order valence-electron chi connectivity index (χ0n) is 9.73. The van der Waals surface area contributed by atoms with E-state index in [1.54, 1.807) is 11.3 Å². The summed E-state index contributed by atoms with van der Waals surface area (Å²) in [5.41, 5.74) is 0. The Morgan fingerprint density at radius 2 is 2.56 bits per heavy atom. The number of hydrogen-bond donors (Lipinski definition) is 1. The topological polar surface area (TPSA) is 34.2 Å². The Hall–Kier alpha value is -0.260. The Bertz CT molecular complexity index is 330. The first kappa shape index (κ1) is 12.2. The minimum absolute atomic E-state index is 0.408. The molecular weight excluding hydrogens is 240 g/mol. The molecule has 0 radical (unpaired) electrons. The summed E-state index contributed by atoms with van der Waals surface area (Å²) in [6, 6.07) is 0. The number of ether oxygens (including phenoxy) is 1. The van der Waals surface area contributed by atoms with Crippen LogP contribution in [0.5, 0.6) is 0 Å². The number of aromatic nitrogens is 1. The molecule has 1 aromatic rings. The Kier molecular flexibility index (Phi) is 4.49. The molecule has 1 fully saturated rings. The number of hydrogen-bond acceptors (Lipinski definition) is 5. The van der Waals surface area contributed by atoms with Crippen molar-refractivity contribution in [2.24, 2.45) is 0 Å². The Labute approximate surface area is 105 Å². The Morgan fingerprint density at radius 3 is 3.25 bits per heavy atom. The first-order chi connectivity index (χ1) is 7.79. The molecule has 2 rings (SSSR count). The zero-order valence-corrected chi connectivity index (χ0v) is 11.4. The molecule has 2 atom stereocenters. The molecule has 1 N–H and O–H groups in total. The molecule has 0 bridgehead atoms. The van der Waals surface area contributed by atoms with Crippen molar-refractivity contribution in [3.05, 3.63) is 11.1 Å². The zero-order chi connectivity index (χ0) is 11.4. The van der Waals surface area contributed by atoms with Crippen molar-refractivity contribution in [2.75, 3.05) is 18.5 Å². The van der Waals surface area contributed by atoms with Crippen LogP contribution in [0.25, 0.3) is 0 Å². The van der Waals surface area contributed by atoms with Crippen molar-refractivity contribution in [1.29, 1.82) is 0 Å². The van der Waals surface area contributed by atoms with Crippen molar-refractivity contribution in [3.8, 4) is 0 Å². The van der Waals surface area contributed by atoms with E-state index < -0.39 is 0 Å². The smallest absolute Gasteiger partial charge is 0.182 e. The molecule has 0 saturated carbocycles. The van der Waals surface area contributed by atoms with Gasteiger partial charge in [0.1, 0.15) is 0 Å². The first-order valence-electron chi connectivity index (χ1n) is 5.71. The van der Waals surface area contributed by atoms with Crippen LogP contribution in [0.2, 0.25) is 0 Å². The largest absolute Gasteiger partial charge is 0.377 e. The van der Waals surface area contributed by atoms with Crippen LogP contribution in [0, 0.1) is 0 Å². The van der Waals surface area contributed by atoms with Crippen LogP contribution in [0.4, 0.5) is 5.13 Å². The molecule has 0 spiro atoms. The third kappa shape index (κ3) is 3.12. The van der Waals surface area contributed by atoms with Crippen molar-refractivity contribution in [1.82, 2.24) is 4.98 Å². The van der Waals surface area contributed by atoms with Crippen molar-refractivity contribution in [2.45, 2.75) is 37.4 Å². The molecular formula is C11H18N2OS2. The molecule has 1 aliphatic rings. The molecule has 0 amide bonds. The van der Waals surface area contributed by atoms with Gasteiger partial charge in [-0.15, -0.1) is 11.3 Å². The number of rotatable bonds is 5. The summed E-state index contributed by atoms with van der Waals surface area (Å²) in [6.45, 7) is 6.12. The summed E-state index contributed by atoms with van der Waals surface area (Å²) in [7, 11) is 0. The fourth-order valence-electron chi connectivity index (χ4n) is 1.73. The summed E-state index contributed by atoms with van der Waals surface area (Å²) in [5, 5.41) is 4.93. The highest BCUT2D eigenvalue weighted by atomic mass is 32.2. The lowest BCUT2D eigenvalue weighted by atomic mass is 10.3. The third-order valence-corrected chi connectivity index (χ3v) is 5.29. The fraction of sp³-hybridized carbons (Fsp3) is 0.727. The maximum Gasteiger partial charge on any atom is 0.182 e. The standard InChI is InChI=1S/C11H18N2OS2/c1-3-12-11-13-6-9(16-11)7-15-10-4-5-14-8(10)2/h6,8,10H,3-5,7H2,1-2H3,(H,12,13). The number of nitrogens with zero attached hydrogens (tertiary/aromatic N) is 1. The molecule has 5 heteroatoms. The van der Waals surface area contributed by atoms with Crippen LogP contribution in [-0.2, 0) is 10.5 Å². The van der Waals surface area contributed by atoms with E-state index in [4.69, 9.17) is 4.74 Å². The molecule has 0 aliphatic carbocycles. The molecule has 0 aromatic carbocycles. The lowest BCUT2D eigenvalue weighted by molar-refractivity contribution is 0.127. The summed E-state index contributed by atoms with van der Waals surface area (Å²) >= 11 is 3.75. The average molecular weight is 258 g/mol. The second kappa shape index (κ2) is 5.89. The highest BCUT2D eigenvalue weighted by Gasteiger charge is 2.24. The predicted molar refractivity (Wildman–Crippen MR) is 71.4 cm³/mol. The van der Waals surface area contributed by atoms with E-state index >= 15 is 0 Å². The van der Waals surface area contributed by atoms with Gasteiger partial charge in [0.2, 0.25) is 0 Å². The molecule has 90 valence electrons. The average Bonchev–Trinajstić information content (AvgIpc) is 2.86. The van der Waals surface area contributed by atoms with Gasteiger partial charge in [-0.1, -0.05) is 0 Å². The van der Waals surface area contributed by atoms with Gasteiger partial charge in [0.25, 0.3) is 0 Å². The predicted octanol–water partition coefficient (Wildman–Crippen LogP) is 2.99. The summed E-state index contributed by atoms with van der Waals surface area (Å²) in [5.74, 6) is 1.06. The lowest BCUT2D eigenvalue weighted by Crippen LogP contribution is -2.13. The van der Waals surface area contributed by atoms with E-state index in [-0.39, 0.29) is 0 Å². The molecule has 1 aromatic heterocycles. The molecule has 2 unspecified atom stereocenters. The van der Waals surface area contributed by atoms with Crippen LogP contribution in [0.3, 0.4) is 0 Å². The van der Waals surface area contributed by atoms with Gasteiger partial charge in [0.15, 0.2) is 5.13 Å². The lowest BCUT2D eigenvalue weighted by Gasteiger charge is -2.12. The van der Waals surface area contributed by atoms with Crippen molar-refractivity contribution < 1.29 is 4.74 Å². The normalized spacial score (nSPS) is 24.9. The van der Waals surface area contributed by atoms with Gasteiger partial charge in [-0.3, -0.25) is 0 Å². The van der Waals surface area contributed by atoms with Gasteiger partial charge >= 0.3 is 0 Å². The summed E-state index contributed by atoms with van der Waals surface area (Å²) in [4.78, 5) is 5.68. The summed E-state index contributed by atoms with van der Waals surface area (Å²) in [6.07, 6.45) is 3.58. The Morgan fingerprint density at radius 1 is 1.69 bits per heavy atom. The van der Waals surface area contributed by atoms with Gasteiger partial charge in [0, 0.05) is 35.2 Å². The molecule has 1 aliphatic heterocycles. The number of nitrogens with one attached hydrogen (secondary N) is 1. The van der Waals surface area contributed by atoms with Crippen molar-refractivity contribution in [3.63, 3.8) is 0 Å². The number of thioether (sulfide) groups is 1. The highest BCUT2D eigenvalue weighted by molar-refractivity contribution is 7.99. The first-order valence-corrected chi connectivity index (χ1v) is 7.58. The molecule has 16 heavy (non-hydrogen) atoms. The van der Waals surface area contributed by atoms with Crippen LogP contribution >= 0.6 is 23.1 Å². The number of anilines is 1. The van der Waals surface area contributed by atoms with Gasteiger partial charge in [0.05, 0.1) is 6.10 Å². The fourth-order valence-corrected chi connectivity index (χ4v) is 3.91. The maximum atomic E-state index is 5.55. The van der Waals surface area contributed by atoms with E-state index in [2.05, 4.69) is 24.1 Å². The Balaban J connectivity index is 1.80. The maximum absolute atomic E-state index is 5.55. The van der Waals surface area contributed by atoms with Crippen molar-refractivity contribution >= 4 is 28.2 Å².